The minimum Gasteiger partial charge on any atom is -0.376 e. The van der Waals surface area contributed by atoms with Gasteiger partial charge >= 0.3 is 0 Å². The fourth-order valence-electron chi connectivity index (χ4n) is 2.56. The maximum absolute atomic E-state index is 12.2. The van der Waals surface area contributed by atoms with E-state index >= 15 is 0 Å². The van der Waals surface area contributed by atoms with E-state index in [0.717, 1.165) is 19.4 Å². The van der Waals surface area contributed by atoms with Crippen LogP contribution in [0.2, 0.25) is 0 Å². The second-order valence-electron chi connectivity index (χ2n) is 4.77. The maximum atomic E-state index is 12.2. The molecule has 0 aromatic rings. The first-order valence-corrected chi connectivity index (χ1v) is 5.91. The molecule has 1 aliphatic heterocycles. The molecule has 0 bridgehead atoms. The lowest BCUT2D eigenvalue weighted by atomic mass is 10.0. The predicted molar refractivity (Wildman–Crippen MR) is 61.8 cm³/mol. The number of amides is 1. The Morgan fingerprint density at radius 1 is 1.50 bits per heavy atom. The second kappa shape index (κ2) is 4.55. The number of likely N-dealkylation sites (N-methyl/N-ethyl adjacent to an activating group) is 1. The van der Waals surface area contributed by atoms with Gasteiger partial charge in [0.25, 0.3) is 0 Å². The van der Waals surface area contributed by atoms with E-state index < -0.39 is 0 Å². The first-order chi connectivity index (χ1) is 7.59. The van der Waals surface area contributed by atoms with Gasteiger partial charge in [-0.25, -0.2) is 0 Å². The third-order valence-corrected chi connectivity index (χ3v) is 3.62. The number of carbonyl (C=O) groups excluding carboxylic acids is 1. The van der Waals surface area contributed by atoms with Crippen molar-refractivity contribution in [2.75, 3.05) is 13.7 Å². The number of nitrogens with zero attached hydrogens (tertiary/aromatic N) is 1. The fraction of sp³-hybridized carbons (Fsp3) is 0.750. The van der Waals surface area contributed by atoms with Crippen molar-refractivity contribution in [3.63, 3.8) is 0 Å². The van der Waals surface area contributed by atoms with Gasteiger partial charge in [0, 0.05) is 19.7 Å². The Labute approximate surface area is 96.4 Å². The zero-order valence-electron chi connectivity index (χ0n) is 9.93. The van der Waals surface area contributed by atoms with Crippen LogP contribution in [0.1, 0.15) is 19.8 Å². The molecule has 0 saturated carbocycles. The van der Waals surface area contributed by atoms with E-state index in [1.807, 2.05) is 31.0 Å². The molecule has 0 aromatic heterocycles. The summed E-state index contributed by atoms with van der Waals surface area (Å²) in [5, 5.41) is 0. The zero-order chi connectivity index (χ0) is 11.7. The zero-order valence-corrected chi connectivity index (χ0v) is 9.93. The third kappa shape index (κ3) is 2.13. The van der Waals surface area contributed by atoms with Crippen molar-refractivity contribution >= 4 is 5.91 Å². The molecule has 1 saturated heterocycles. The van der Waals surface area contributed by atoms with Gasteiger partial charge in [-0.1, -0.05) is 12.2 Å². The summed E-state index contributed by atoms with van der Waals surface area (Å²) >= 11 is 0. The van der Waals surface area contributed by atoms with Crippen molar-refractivity contribution in [2.45, 2.75) is 38.0 Å². The lowest BCUT2D eigenvalue weighted by Gasteiger charge is -2.28. The monoisotopic (exact) mass is 224 g/mol. The molecule has 4 nitrogen and oxygen atoms in total. The van der Waals surface area contributed by atoms with Crippen LogP contribution >= 0.6 is 0 Å². The summed E-state index contributed by atoms with van der Waals surface area (Å²) in [5.41, 5.74) is 5.76. The molecule has 4 atom stereocenters. The largest absolute Gasteiger partial charge is 0.376 e. The van der Waals surface area contributed by atoms with Crippen molar-refractivity contribution < 1.29 is 9.53 Å². The van der Waals surface area contributed by atoms with Gasteiger partial charge in [0.05, 0.1) is 18.1 Å². The van der Waals surface area contributed by atoms with Gasteiger partial charge in [-0.05, 0) is 19.8 Å². The highest BCUT2D eigenvalue weighted by atomic mass is 16.5. The van der Waals surface area contributed by atoms with Crippen LogP contribution in [0, 0.1) is 5.92 Å². The molecule has 1 heterocycles. The van der Waals surface area contributed by atoms with E-state index in [4.69, 9.17) is 10.5 Å². The molecule has 0 spiro atoms. The van der Waals surface area contributed by atoms with Gasteiger partial charge in [-0.2, -0.15) is 0 Å². The summed E-state index contributed by atoms with van der Waals surface area (Å²) in [6.07, 6.45) is 5.68. The Balaban J connectivity index is 1.96. The van der Waals surface area contributed by atoms with E-state index in [1.165, 1.54) is 0 Å². The van der Waals surface area contributed by atoms with Crippen molar-refractivity contribution in [2.24, 2.45) is 11.7 Å². The second-order valence-corrected chi connectivity index (χ2v) is 4.77. The van der Waals surface area contributed by atoms with E-state index in [1.54, 1.807) is 0 Å². The molecular weight excluding hydrogens is 204 g/mol. The predicted octanol–water partition coefficient (Wildman–Crippen LogP) is 0.526. The summed E-state index contributed by atoms with van der Waals surface area (Å²) in [4.78, 5) is 14.0. The third-order valence-electron chi connectivity index (χ3n) is 3.62. The summed E-state index contributed by atoms with van der Waals surface area (Å²) in [6.45, 7) is 2.78. The number of rotatable bonds is 2. The highest BCUT2D eigenvalue weighted by molar-refractivity contribution is 5.81. The molecule has 1 fully saturated rings. The quantitative estimate of drug-likeness (QED) is 0.696. The standard InChI is InChI=1S/C12H20N2O2/c1-8-11(5-6-16-8)14(2)12(15)9-3-4-10(13)7-9/h3-4,8-11H,5-7,13H2,1-2H3. The number of ether oxygens (including phenoxy) is 1. The van der Waals surface area contributed by atoms with E-state index in [2.05, 4.69) is 0 Å². The number of hydrogen-bond acceptors (Lipinski definition) is 3. The van der Waals surface area contributed by atoms with Crippen molar-refractivity contribution in [3.05, 3.63) is 12.2 Å². The van der Waals surface area contributed by atoms with E-state index in [0.29, 0.717) is 0 Å². The van der Waals surface area contributed by atoms with Gasteiger partial charge < -0.3 is 15.4 Å². The van der Waals surface area contributed by atoms with Gasteiger partial charge in [0.15, 0.2) is 0 Å². The summed E-state index contributed by atoms with van der Waals surface area (Å²) in [6, 6.07) is 0.261. The minimum absolute atomic E-state index is 0.0344. The van der Waals surface area contributed by atoms with Crippen LogP contribution in [-0.4, -0.2) is 42.6 Å². The molecular formula is C12H20N2O2. The summed E-state index contributed by atoms with van der Waals surface area (Å²) in [7, 11) is 1.87. The van der Waals surface area contributed by atoms with Crippen molar-refractivity contribution in [1.29, 1.82) is 0 Å². The molecule has 2 aliphatic rings. The van der Waals surface area contributed by atoms with Crippen LogP contribution in [0.3, 0.4) is 0 Å². The lowest BCUT2D eigenvalue weighted by Crippen LogP contribution is -2.43. The van der Waals surface area contributed by atoms with Crippen LogP contribution < -0.4 is 5.73 Å². The van der Waals surface area contributed by atoms with Crippen molar-refractivity contribution in [3.8, 4) is 0 Å². The Morgan fingerprint density at radius 3 is 2.75 bits per heavy atom. The first kappa shape index (κ1) is 11.6. The van der Waals surface area contributed by atoms with Gasteiger partial charge in [-0.15, -0.1) is 0 Å². The van der Waals surface area contributed by atoms with Crippen LogP contribution in [0.5, 0.6) is 0 Å². The lowest BCUT2D eigenvalue weighted by molar-refractivity contribution is -0.135. The van der Waals surface area contributed by atoms with E-state index in [-0.39, 0.29) is 30.0 Å². The Kier molecular flexibility index (Phi) is 3.30. The van der Waals surface area contributed by atoms with E-state index in [9.17, 15) is 4.79 Å². The first-order valence-electron chi connectivity index (χ1n) is 5.91. The number of nitrogens with two attached hydrogens (primary N) is 1. The minimum atomic E-state index is -0.0344. The van der Waals surface area contributed by atoms with Crippen LogP contribution in [0.25, 0.3) is 0 Å². The Bertz CT molecular complexity index is 303. The summed E-state index contributed by atoms with van der Waals surface area (Å²) < 4.78 is 5.48. The molecule has 1 aliphatic carbocycles. The van der Waals surface area contributed by atoms with Gasteiger partial charge in [-0.3, -0.25) is 4.79 Å². The highest BCUT2D eigenvalue weighted by Crippen LogP contribution is 2.24. The van der Waals surface area contributed by atoms with Gasteiger partial charge in [0.2, 0.25) is 5.91 Å². The van der Waals surface area contributed by atoms with Gasteiger partial charge in [0.1, 0.15) is 0 Å². The Morgan fingerprint density at radius 2 is 2.25 bits per heavy atom. The highest BCUT2D eigenvalue weighted by Gasteiger charge is 2.34. The van der Waals surface area contributed by atoms with Crippen LogP contribution in [0.15, 0.2) is 12.2 Å². The number of carbonyl (C=O) groups is 1. The number of hydrogen-bond donors (Lipinski definition) is 1. The molecule has 0 radical (unpaired) electrons. The molecule has 2 N–H and O–H groups in total. The molecule has 0 aromatic carbocycles. The topological polar surface area (TPSA) is 55.6 Å². The molecule has 4 heteroatoms. The average Bonchev–Trinajstić information content (AvgIpc) is 2.85. The van der Waals surface area contributed by atoms with Crippen LogP contribution in [-0.2, 0) is 9.53 Å². The van der Waals surface area contributed by atoms with Crippen molar-refractivity contribution in [1.82, 2.24) is 4.90 Å². The SMILES string of the molecule is CC1OCCC1N(C)C(=O)C1C=CC(N)C1. The summed E-state index contributed by atoms with van der Waals surface area (Å²) in [5.74, 6) is 0.138. The smallest absolute Gasteiger partial charge is 0.229 e. The normalized spacial score (nSPS) is 37.9. The molecule has 16 heavy (non-hydrogen) atoms. The molecule has 90 valence electrons. The Hall–Kier alpha value is -0.870. The fourth-order valence-corrected chi connectivity index (χ4v) is 2.56. The molecule has 4 unspecified atom stereocenters. The average molecular weight is 224 g/mol. The van der Waals surface area contributed by atoms with Crippen LogP contribution in [0.4, 0.5) is 0 Å². The molecule has 2 rings (SSSR count). The maximum Gasteiger partial charge on any atom is 0.229 e. The molecule has 1 amide bonds.